The molecule has 0 radical (unpaired) electrons. The van der Waals surface area contributed by atoms with Crippen LogP contribution in [-0.2, 0) is 16.6 Å². The molecule has 1 heterocycles. The number of hydrogen-bond donors (Lipinski definition) is 2. The first-order valence-corrected chi connectivity index (χ1v) is 5.73. The minimum Gasteiger partial charge on any atom is -0.478 e. The number of amides is 1. The molecule has 0 aliphatic heterocycles. The second-order valence-electron chi connectivity index (χ2n) is 4.15. The van der Waals surface area contributed by atoms with Crippen molar-refractivity contribution in [3.8, 4) is 0 Å². The molecule has 7 heteroatoms. The zero-order valence-electron chi connectivity index (χ0n) is 11.5. The second kappa shape index (κ2) is 6.03. The number of carbonyl (C=O) groups excluding carboxylic acids is 1. The minimum atomic E-state index is -1.02. The molecule has 0 spiro atoms. The Morgan fingerprint density at radius 1 is 1.53 bits per heavy atom. The van der Waals surface area contributed by atoms with Gasteiger partial charge >= 0.3 is 5.97 Å². The maximum absolute atomic E-state index is 11.4. The van der Waals surface area contributed by atoms with Crippen LogP contribution in [0.3, 0.4) is 0 Å². The highest BCUT2D eigenvalue weighted by molar-refractivity contribution is 5.87. The van der Waals surface area contributed by atoms with Crippen molar-refractivity contribution >= 4 is 23.8 Å². The van der Waals surface area contributed by atoms with Crippen LogP contribution in [0.2, 0.25) is 0 Å². The van der Waals surface area contributed by atoms with Crippen molar-refractivity contribution in [3.05, 3.63) is 17.3 Å². The van der Waals surface area contributed by atoms with Crippen LogP contribution in [0, 0.1) is 6.92 Å². The molecular weight excluding hydrogens is 248 g/mol. The van der Waals surface area contributed by atoms with Crippen LogP contribution in [-0.4, -0.2) is 47.4 Å². The van der Waals surface area contributed by atoms with E-state index in [-0.39, 0.29) is 12.5 Å². The van der Waals surface area contributed by atoms with Crippen molar-refractivity contribution in [1.82, 2.24) is 15.1 Å². The predicted octanol–water partition coefficient (Wildman–Crippen LogP) is 0.00852. The number of aryl methyl sites for hydroxylation is 2. The van der Waals surface area contributed by atoms with Gasteiger partial charge in [0.1, 0.15) is 5.82 Å². The van der Waals surface area contributed by atoms with E-state index in [1.54, 1.807) is 37.6 Å². The molecule has 1 aromatic rings. The zero-order chi connectivity index (χ0) is 14.6. The highest BCUT2D eigenvalue weighted by atomic mass is 16.4. The van der Waals surface area contributed by atoms with Gasteiger partial charge < -0.3 is 15.3 Å². The van der Waals surface area contributed by atoms with Crippen LogP contribution in [0.25, 0.3) is 6.08 Å². The highest BCUT2D eigenvalue weighted by Gasteiger charge is 2.16. The van der Waals surface area contributed by atoms with Gasteiger partial charge in [0.15, 0.2) is 0 Å². The molecule has 2 N–H and O–H groups in total. The third-order valence-corrected chi connectivity index (χ3v) is 2.65. The number of anilines is 1. The molecular formula is C12H18N4O3. The SMILES string of the molecule is CNC(=O)CN(C)c1c(/C=C/C(=O)O)c(C)nn1C. The van der Waals surface area contributed by atoms with Gasteiger partial charge in [-0.05, 0) is 13.0 Å². The van der Waals surface area contributed by atoms with E-state index < -0.39 is 5.97 Å². The number of carboxylic acid groups (broad SMARTS) is 1. The molecule has 104 valence electrons. The number of rotatable bonds is 5. The fourth-order valence-corrected chi connectivity index (χ4v) is 1.83. The average molecular weight is 266 g/mol. The quantitative estimate of drug-likeness (QED) is 0.733. The number of hydrogen-bond acceptors (Lipinski definition) is 4. The fourth-order valence-electron chi connectivity index (χ4n) is 1.83. The lowest BCUT2D eigenvalue weighted by Crippen LogP contribution is -2.34. The van der Waals surface area contributed by atoms with E-state index in [4.69, 9.17) is 5.11 Å². The van der Waals surface area contributed by atoms with Gasteiger partial charge in [-0.15, -0.1) is 0 Å². The third-order valence-electron chi connectivity index (χ3n) is 2.65. The number of carbonyl (C=O) groups is 2. The van der Waals surface area contributed by atoms with Crippen LogP contribution in [0.4, 0.5) is 5.82 Å². The molecule has 0 saturated carbocycles. The molecule has 7 nitrogen and oxygen atoms in total. The molecule has 0 fully saturated rings. The largest absolute Gasteiger partial charge is 0.478 e. The summed E-state index contributed by atoms with van der Waals surface area (Å²) in [6.45, 7) is 1.96. The molecule has 0 aliphatic carbocycles. The molecule has 0 saturated heterocycles. The number of carboxylic acids is 1. The number of nitrogens with one attached hydrogen (secondary N) is 1. The molecule has 0 aliphatic rings. The van der Waals surface area contributed by atoms with Crippen molar-refractivity contribution in [3.63, 3.8) is 0 Å². The summed E-state index contributed by atoms with van der Waals surface area (Å²) < 4.78 is 1.62. The van der Waals surface area contributed by atoms with E-state index in [2.05, 4.69) is 10.4 Å². The maximum Gasteiger partial charge on any atom is 0.328 e. The van der Waals surface area contributed by atoms with Crippen LogP contribution >= 0.6 is 0 Å². The van der Waals surface area contributed by atoms with Crippen molar-refractivity contribution in [2.45, 2.75) is 6.92 Å². The van der Waals surface area contributed by atoms with Crippen LogP contribution in [0.15, 0.2) is 6.08 Å². The second-order valence-corrected chi connectivity index (χ2v) is 4.15. The third kappa shape index (κ3) is 3.57. The van der Waals surface area contributed by atoms with E-state index in [9.17, 15) is 9.59 Å². The van der Waals surface area contributed by atoms with Crippen molar-refractivity contribution in [2.75, 3.05) is 25.5 Å². The normalized spacial score (nSPS) is 10.7. The van der Waals surface area contributed by atoms with Crippen LogP contribution in [0.5, 0.6) is 0 Å². The summed E-state index contributed by atoms with van der Waals surface area (Å²) in [5.74, 6) is -0.462. The fraction of sp³-hybridized carbons (Fsp3) is 0.417. The molecule has 0 unspecified atom stereocenters. The highest BCUT2D eigenvalue weighted by Crippen LogP contribution is 2.23. The Morgan fingerprint density at radius 3 is 2.68 bits per heavy atom. The van der Waals surface area contributed by atoms with Crippen molar-refractivity contribution in [2.24, 2.45) is 7.05 Å². The van der Waals surface area contributed by atoms with Crippen molar-refractivity contribution < 1.29 is 14.7 Å². The molecule has 0 bridgehead atoms. The van der Waals surface area contributed by atoms with Gasteiger partial charge in [0.2, 0.25) is 5.91 Å². The van der Waals surface area contributed by atoms with E-state index in [1.807, 2.05) is 0 Å². The summed E-state index contributed by atoms with van der Waals surface area (Å²) in [4.78, 5) is 23.7. The predicted molar refractivity (Wildman–Crippen MR) is 72.0 cm³/mol. The van der Waals surface area contributed by atoms with Gasteiger partial charge in [-0.1, -0.05) is 0 Å². The topological polar surface area (TPSA) is 87.5 Å². The van der Waals surface area contributed by atoms with Gasteiger partial charge in [-0.25, -0.2) is 4.79 Å². The standard InChI is InChI=1S/C12H18N4O3/c1-8-9(5-6-11(18)19)12(16(4)14-8)15(3)7-10(17)13-2/h5-6H,7H2,1-4H3,(H,13,17)(H,18,19)/b6-5+. The first-order chi connectivity index (χ1) is 8.86. The minimum absolute atomic E-state index is 0.130. The van der Waals surface area contributed by atoms with Crippen LogP contribution < -0.4 is 10.2 Å². The smallest absolute Gasteiger partial charge is 0.328 e. The van der Waals surface area contributed by atoms with E-state index in [0.29, 0.717) is 17.1 Å². The van der Waals surface area contributed by atoms with Crippen molar-refractivity contribution in [1.29, 1.82) is 0 Å². The molecule has 1 rings (SSSR count). The molecule has 1 aromatic heterocycles. The van der Waals surface area contributed by atoms with Gasteiger partial charge in [-0.2, -0.15) is 5.10 Å². The number of aliphatic carboxylic acids is 1. The maximum atomic E-state index is 11.4. The van der Waals surface area contributed by atoms with Gasteiger partial charge in [-0.3, -0.25) is 9.48 Å². The van der Waals surface area contributed by atoms with Gasteiger partial charge in [0.25, 0.3) is 0 Å². The molecule has 19 heavy (non-hydrogen) atoms. The number of aromatic nitrogens is 2. The Bertz CT molecular complexity index is 519. The Morgan fingerprint density at radius 2 is 2.16 bits per heavy atom. The molecule has 0 aromatic carbocycles. The average Bonchev–Trinajstić information content (AvgIpc) is 2.60. The monoisotopic (exact) mass is 266 g/mol. The Labute approximate surface area is 111 Å². The van der Waals surface area contributed by atoms with E-state index >= 15 is 0 Å². The summed E-state index contributed by atoms with van der Waals surface area (Å²) in [5.41, 5.74) is 1.40. The lowest BCUT2D eigenvalue weighted by molar-refractivity contribution is -0.131. The number of likely N-dealkylation sites (N-methyl/N-ethyl adjacent to an activating group) is 2. The van der Waals surface area contributed by atoms with E-state index in [1.165, 1.54) is 6.08 Å². The molecule has 1 amide bonds. The van der Waals surface area contributed by atoms with E-state index in [0.717, 1.165) is 6.08 Å². The molecule has 0 atom stereocenters. The summed E-state index contributed by atoms with van der Waals surface area (Å²) in [7, 11) is 5.07. The summed E-state index contributed by atoms with van der Waals surface area (Å²) in [6.07, 6.45) is 2.54. The summed E-state index contributed by atoms with van der Waals surface area (Å²) in [5, 5.41) is 15.5. The number of nitrogens with zero attached hydrogens (tertiary/aromatic N) is 3. The van der Waals surface area contributed by atoms with Gasteiger partial charge in [0, 0.05) is 32.8 Å². The first-order valence-electron chi connectivity index (χ1n) is 5.73. The Kier molecular flexibility index (Phi) is 4.68. The summed E-state index contributed by atoms with van der Waals surface area (Å²) >= 11 is 0. The Balaban J connectivity index is 3.11. The van der Waals surface area contributed by atoms with Crippen LogP contribution in [0.1, 0.15) is 11.3 Å². The first kappa shape index (κ1) is 14.7. The zero-order valence-corrected chi connectivity index (χ0v) is 11.5. The summed E-state index contributed by atoms with van der Waals surface area (Å²) in [6, 6.07) is 0. The lowest BCUT2D eigenvalue weighted by Gasteiger charge is -2.19. The lowest BCUT2D eigenvalue weighted by atomic mass is 10.2. The Hall–Kier alpha value is -2.31. The van der Waals surface area contributed by atoms with Gasteiger partial charge in [0.05, 0.1) is 12.2 Å².